The second kappa shape index (κ2) is 6.51. The van der Waals surface area contributed by atoms with Crippen LogP contribution in [0.3, 0.4) is 0 Å². The summed E-state index contributed by atoms with van der Waals surface area (Å²) in [5.41, 5.74) is -0.373. The van der Waals surface area contributed by atoms with Gasteiger partial charge in [-0.25, -0.2) is 5.10 Å². The fourth-order valence-electron chi connectivity index (χ4n) is 1.90. The lowest BCUT2D eigenvalue weighted by Gasteiger charge is -2.20. The van der Waals surface area contributed by atoms with Crippen LogP contribution >= 0.6 is 0 Å². The van der Waals surface area contributed by atoms with Crippen LogP contribution in [0, 0.1) is 5.41 Å². The van der Waals surface area contributed by atoms with Crippen LogP contribution in [-0.2, 0) is 17.6 Å². The van der Waals surface area contributed by atoms with Gasteiger partial charge in [-0.05, 0) is 32.3 Å². The summed E-state index contributed by atoms with van der Waals surface area (Å²) in [6, 6.07) is 0. The fraction of sp³-hybridized carbons (Fsp3) is 0.571. The summed E-state index contributed by atoms with van der Waals surface area (Å²) in [6.45, 7) is 6.67. The lowest BCUT2D eigenvalue weighted by Crippen LogP contribution is -2.41. The summed E-state index contributed by atoms with van der Waals surface area (Å²) in [7, 11) is 0. The highest BCUT2D eigenvalue weighted by Gasteiger charge is 2.28. The molecule has 0 aliphatic rings. The molecule has 1 aromatic rings. The largest absolute Gasteiger partial charge is 0.481 e. The minimum atomic E-state index is -1.10. The van der Waals surface area contributed by atoms with Crippen LogP contribution in [0.2, 0.25) is 0 Å². The first-order valence-electron chi connectivity index (χ1n) is 6.86. The van der Waals surface area contributed by atoms with Crippen molar-refractivity contribution in [3.63, 3.8) is 0 Å². The van der Waals surface area contributed by atoms with Crippen LogP contribution in [0.1, 0.15) is 49.3 Å². The molecular formula is C14H21N3O4. The van der Waals surface area contributed by atoms with Gasteiger partial charge in [-0.1, -0.05) is 13.8 Å². The van der Waals surface area contributed by atoms with Crippen LogP contribution in [0.15, 0.2) is 4.79 Å². The molecule has 116 valence electrons. The van der Waals surface area contributed by atoms with Crippen molar-refractivity contribution in [1.29, 1.82) is 0 Å². The molecule has 0 bridgehead atoms. The molecule has 1 amide bonds. The number of nitrogens with zero attached hydrogens (tertiary/aromatic N) is 1. The summed E-state index contributed by atoms with van der Waals surface area (Å²) < 4.78 is 0. The van der Waals surface area contributed by atoms with E-state index in [0.29, 0.717) is 24.1 Å². The number of hydrogen-bond donors (Lipinski definition) is 3. The van der Waals surface area contributed by atoms with Crippen LogP contribution in [0.4, 0.5) is 0 Å². The van der Waals surface area contributed by atoms with Crippen molar-refractivity contribution in [2.24, 2.45) is 5.41 Å². The molecule has 0 atom stereocenters. The van der Waals surface area contributed by atoms with Crippen molar-refractivity contribution in [3.8, 4) is 0 Å². The highest BCUT2D eigenvalue weighted by Crippen LogP contribution is 2.14. The average Bonchev–Trinajstić information content (AvgIpc) is 2.44. The average molecular weight is 295 g/mol. The third-order valence-electron chi connectivity index (χ3n) is 3.35. The SMILES string of the molecule is CCc1n[nH]c(=O)c(C(=O)NCC(C)(C)C(=O)O)c1CC. The molecule has 7 nitrogen and oxygen atoms in total. The Kier molecular flexibility index (Phi) is 5.23. The summed E-state index contributed by atoms with van der Waals surface area (Å²) in [5, 5.41) is 17.8. The number of aliphatic carboxylic acids is 1. The fourth-order valence-corrected chi connectivity index (χ4v) is 1.90. The number of amides is 1. The summed E-state index contributed by atoms with van der Waals surface area (Å²) in [6.07, 6.45) is 1.10. The van der Waals surface area contributed by atoms with Gasteiger partial charge in [-0.3, -0.25) is 14.4 Å². The van der Waals surface area contributed by atoms with Crippen molar-refractivity contribution in [1.82, 2.24) is 15.5 Å². The Hall–Kier alpha value is -2.18. The van der Waals surface area contributed by atoms with Crippen molar-refractivity contribution in [3.05, 3.63) is 27.2 Å². The summed E-state index contributed by atoms with van der Waals surface area (Å²) >= 11 is 0. The molecule has 0 aliphatic heterocycles. The van der Waals surface area contributed by atoms with Gasteiger partial charge < -0.3 is 10.4 Å². The molecule has 0 aliphatic carbocycles. The minimum Gasteiger partial charge on any atom is -0.481 e. The molecular weight excluding hydrogens is 274 g/mol. The molecule has 0 spiro atoms. The molecule has 0 saturated heterocycles. The molecule has 21 heavy (non-hydrogen) atoms. The maximum atomic E-state index is 12.2. The zero-order chi connectivity index (χ0) is 16.2. The van der Waals surface area contributed by atoms with Gasteiger partial charge in [0.05, 0.1) is 11.1 Å². The number of aromatic amines is 1. The molecule has 1 aromatic heterocycles. The van der Waals surface area contributed by atoms with E-state index in [9.17, 15) is 14.4 Å². The maximum absolute atomic E-state index is 12.2. The van der Waals surface area contributed by atoms with E-state index in [2.05, 4.69) is 15.5 Å². The van der Waals surface area contributed by atoms with E-state index >= 15 is 0 Å². The van der Waals surface area contributed by atoms with Gasteiger partial charge in [0, 0.05) is 6.54 Å². The highest BCUT2D eigenvalue weighted by atomic mass is 16.4. The Morgan fingerprint density at radius 3 is 2.38 bits per heavy atom. The zero-order valence-electron chi connectivity index (χ0n) is 12.7. The predicted octanol–water partition coefficient (Wildman–Crippen LogP) is 0.735. The van der Waals surface area contributed by atoms with Gasteiger partial charge in [0.15, 0.2) is 0 Å². The topological polar surface area (TPSA) is 112 Å². The smallest absolute Gasteiger partial charge is 0.310 e. The Labute approximate surface area is 122 Å². The number of hydrogen-bond acceptors (Lipinski definition) is 4. The number of aromatic nitrogens is 2. The van der Waals surface area contributed by atoms with E-state index in [1.165, 1.54) is 13.8 Å². The number of aryl methyl sites for hydroxylation is 1. The van der Waals surface area contributed by atoms with E-state index in [1.807, 2.05) is 13.8 Å². The number of nitrogens with one attached hydrogen (secondary N) is 2. The minimum absolute atomic E-state index is 0.0190. The zero-order valence-corrected chi connectivity index (χ0v) is 12.7. The first kappa shape index (κ1) is 16.9. The quantitative estimate of drug-likeness (QED) is 0.716. The van der Waals surface area contributed by atoms with E-state index in [4.69, 9.17) is 5.11 Å². The highest BCUT2D eigenvalue weighted by molar-refractivity contribution is 5.95. The third-order valence-corrected chi connectivity index (χ3v) is 3.35. The first-order chi connectivity index (χ1) is 9.74. The van der Waals surface area contributed by atoms with E-state index in [1.54, 1.807) is 0 Å². The number of carbonyl (C=O) groups is 2. The van der Waals surface area contributed by atoms with Gasteiger partial charge in [0.1, 0.15) is 5.56 Å². The summed E-state index contributed by atoms with van der Waals surface area (Å²) in [5.74, 6) is -1.59. The number of carbonyl (C=O) groups excluding carboxylic acids is 1. The molecule has 0 unspecified atom stereocenters. The van der Waals surface area contributed by atoms with Crippen molar-refractivity contribution < 1.29 is 14.7 Å². The number of carboxylic acid groups (broad SMARTS) is 1. The molecule has 0 aromatic carbocycles. The van der Waals surface area contributed by atoms with Crippen LogP contribution < -0.4 is 10.9 Å². The van der Waals surface area contributed by atoms with Crippen molar-refractivity contribution in [2.45, 2.75) is 40.5 Å². The first-order valence-corrected chi connectivity index (χ1v) is 6.86. The molecule has 1 rings (SSSR count). The molecule has 1 heterocycles. The third kappa shape index (κ3) is 3.68. The molecule has 0 radical (unpaired) electrons. The normalized spacial score (nSPS) is 11.2. The van der Waals surface area contributed by atoms with Gasteiger partial charge in [0.25, 0.3) is 11.5 Å². The van der Waals surface area contributed by atoms with Gasteiger partial charge in [-0.15, -0.1) is 0 Å². The Balaban J connectivity index is 3.08. The van der Waals surface area contributed by atoms with Crippen molar-refractivity contribution >= 4 is 11.9 Å². The monoisotopic (exact) mass is 295 g/mol. The standard InChI is InChI=1S/C14H21N3O4/c1-5-8-9(6-2)16-17-12(19)10(8)11(18)15-7-14(3,4)13(20)21/h5-7H2,1-4H3,(H,15,18)(H,17,19)(H,20,21). The Bertz CT molecular complexity index is 605. The Morgan fingerprint density at radius 1 is 1.29 bits per heavy atom. The van der Waals surface area contributed by atoms with Crippen LogP contribution in [0.25, 0.3) is 0 Å². The lowest BCUT2D eigenvalue weighted by molar-refractivity contribution is -0.146. The van der Waals surface area contributed by atoms with Crippen LogP contribution in [0.5, 0.6) is 0 Å². The van der Waals surface area contributed by atoms with E-state index in [-0.39, 0.29) is 12.1 Å². The van der Waals surface area contributed by atoms with Gasteiger partial charge in [0.2, 0.25) is 0 Å². The Morgan fingerprint density at radius 2 is 1.90 bits per heavy atom. The number of carboxylic acids is 1. The molecule has 0 fully saturated rings. The van der Waals surface area contributed by atoms with Crippen molar-refractivity contribution in [2.75, 3.05) is 6.54 Å². The van der Waals surface area contributed by atoms with E-state index in [0.717, 1.165) is 0 Å². The van der Waals surface area contributed by atoms with E-state index < -0.39 is 22.9 Å². The molecule has 0 saturated carbocycles. The van der Waals surface area contributed by atoms with Gasteiger partial charge in [-0.2, -0.15) is 5.10 Å². The molecule has 7 heteroatoms. The number of rotatable bonds is 6. The van der Waals surface area contributed by atoms with Crippen LogP contribution in [-0.4, -0.2) is 33.7 Å². The maximum Gasteiger partial charge on any atom is 0.310 e. The van der Waals surface area contributed by atoms with Gasteiger partial charge >= 0.3 is 5.97 Å². The molecule has 3 N–H and O–H groups in total. The summed E-state index contributed by atoms with van der Waals surface area (Å²) in [4.78, 5) is 35.1. The predicted molar refractivity (Wildman–Crippen MR) is 77.4 cm³/mol. The second-order valence-corrected chi connectivity index (χ2v) is 5.43. The lowest BCUT2D eigenvalue weighted by atomic mass is 9.93. The number of H-pyrrole nitrogens is 1. The second-order valence-electron chi connectivity index (χ2n) is 5.43.